The number of hydrogen-bond donors (Lipinski definition) is 1. The van der Waals surface area contributed by atoms with Crippen LogP contribution in [-0.4, -0.2) is 20.3 Å². The van der Waals surface area contributed by atoms with Crippen LogP contribution in [0, 0.1) is 6.92 Å². The second-order valence-corrected chi connectivity index (χ2v) is 7.00. The standard InChI is InChI=1S/C16H18ClNO2S/c1-13-6-5-9-16(10-13)21(19,20)18-15(12-17)11-14-7-3-2-4-8-14/h2-10,15,18H,11-12H2,1H3. The Kier molecular flexibility index (Phi) is 5.39. The van der Waals surface area contributed by atoms with Crippen LogP contribution in [0.25, 0.3) is 0 Å². The minimum Gasteiger partial charge on any atom is -0.207 e. The summed E-state index contributed by atoms with van der Waals surface area (Å²) in [6, 6.07) is 16.2. The van der Waals surface area contributed by atoms with Crippen molar-refractivity contribution in [2.24, 2.45) is 0 Å². The molecule has 2 rings (SSSR count). The Hall–Kier alpha value is -1.36. The highest BCUT2D eigenvalue weighted by atomic mass is 35.5. The number of aryl methyl sites for hydroxylation is 1. The molecule has 5 heteroatoms. The fraction of sp³-hybridized carbons (Fsp3) is 0.250. The van der Waals surface area contributed by atoms with E-state index >= 15 is 0 Å². The van der Waals surface area contributed by atoms with Crippen LogP contribution >= 0.6 is 11.6 Å². The summed E-state index contributed by atoms with van der Waals surface area (Å²) in [4.78, 5) is 0.269. The fourth-order valence-electron chi connectivity index (χ4n) is 2.10. The maximum absolute atomic E-state index is 12.4. The topological polar surface area (TPSA) is 46.2 Å². The molecule has 0 saturated heterocycles. The quantitative estimate of drug-likeness (QED) is 0.830. The fourth-order valence-corrected chi connectivity index (χ4v) is 3.71. The first-order chi connectivity index (χ1) is 10.0. The molecule has 1 N–H and O–H groups in total. The SMILES string of the molecule is Cc1cccc(S(=O)(=O)NC(CCl)Cc2ccccc2)c1. The summed E-state index contributed by atoms with van der Waals surface area (Å²) < 4.78 is 27.4. The second kappa shape index (κ2) is 7.07. The Morgan fingerprint density at radius 3 is 2.43 bits per heavy atom. The van der Waals surface area contributed by atoms with E-state index in [0.717, 1.165) is 11.1 Å². The molecule has 0 heterocycles. The van der Waals surface area contributed by atoms with Gasteiger partial charge in [-0.05, 0) is 36.6 Å². The highest BCUT2D eigenvalue weighted by Gasteiger charge is 2.19. The monoisotopic (exact) mass is 323 g/mol. The highest BCUT2D eigenvalue weighted by Crippen LogP contribution is 2.13. The van der Waals surface area contributed by atoms with Gasteiger partial charge in [-0.3, -0.25) is 0 Å². The molecule has 1 atom stereocenters. The van der Waals surface area contributed by atoms with Gasteiger partial charge in [0.1, 0.15) is 0 Å². The van der Waals surface area contributed by atoms with E-state index in [4.69, 9.17) is 11.6 Å². The lowest BCUT2D eigenvalue weighted by Gasteiger charge is -2.16. The Bertz CT molecular complexity index is 686. The lowest BCUT2D eigenvalue weighted by Crippen LogP contribution is -2.37. The molecule has 0 amide bonds. The zero-order valence-corrected chi connectivity index (χ0v) is 13.4. The molecule has 21 heavy (non-hydrogen) atoms. The molecule has 0 aliphatic rings. The zero-order chi connectivity index (χ0) is 15.3. The predicted molar refractivity (Wildman–Crippen MR) is 86.2 cm³/mol. The molecular weight excluding hydrogens is 306 g/mol. The van der Waals surface area contributed by atoms with Crippen molar-refractivity contribution in [2.75, 3.05) is 5.88 Å². The third-order valence-electron chi connectivity index (χ3n) is 3.13. The van der Waals surface area contributed by atoms with Crippen molar-refractivity contribution in [3.63, 3.8) is 0 Å². The minimum atomic E-state index is -3.55. The smallest absolute Gasteiger partial charge is 0.207 e. The van der Waals surface area contributed by atoms with Crippen LogP contribution in [-0.2, 0) is 16.4 Å². The van der Waals surface area contributed by atoms with Gasteiger partial charge >= 0.3 is 0 Å². The maximum atomic E-state index is 12.4. The first-order valence-corrected chi connectivity index (χ1v) is 8.72. The molecule has 0 bridgehead atoms. The van der Waals surface area contributed by atoms with Crippen LogP contribution in [0.4, 0.5) is 0 Å². The molecule has 0 aliphatic heterocycles. The number of halogens is 1. The van der Waals surface area contributed by atoms with Crippen LogP contribution in [0.1, 0.15) is 11.1 Å². The van der Waals surface area contributed by atoms with Crippen LogP contribution < -0.4 is 4.72 Å². The number of rotatable bonds is 6. The van der Waals surface area contributed by atoms with E-state index in [1.165, 1.54) is 0 Å². The third-order valence-corrected chi connectivity index (χ3v) is 5.02. The summed E-state index contributed by atoms with van der Waals surface area (Å²) >= 11 is 5.92. The predicted octanol–water partition coefficient (Wildman–Crippen LogP) is 3.12. The van der Waals surface area contributed by atoms with Crippen molar-refractivity contribution in [1.82, 2.24) is 4.72 Å². The molecule has 112 valence electrons. The van der Waals surface area contributed by atoms with Gasteiger partial charge in [0.05, 0.1) is 4.90 Å². The molecule has 0 aromatic heterocycles. The summed E-state index contributed by atoms with van der Waals surface area (Å²) in [6.45, 7) is 1.86. The van der Waals surface area contributed by atoms with Crippen LogP contribution in [0.5, 0.6) is 0 Å². The van der Waals surface area contributed by atoms with Crippen molar-refractivity contribution in [2.45, 2.75) is 24.3 Å². The largest absolute Gasteiger partial charge is 0.240 e. The third kappa shape index (κ3) is 4.56. The zero-order valence-electron chi connectivity index (χ0n) is 11.8. The van der Waals surface area contributed by atoms with E-state index in [-0.39, 0.29) is 16.8 Å². The summed E-state index contributed by atoms with van der Waals surface area (Å²) in [5.41, 5.74) is 1.96. The molecule has 0 spiro atoms. The Balaban J connectivity index is 2.14. The maximum Gasteiger partial charge on any atom is 0.240 e. The van der Waals surface area contributed by atoms with Crippen molar-refractivity contribution in [1.29, 1.82) is 0 Å². The minimum absolute atomic E-state index is 0.222. The first-order valence-electron chi connectivity index (χ1n) is 6.70. The summed E-state index contributed by atoms with van der Waals surface area (Å²) in [7, 11) is -3.55. The Labute approximate surface area is 131 Å². The van der Waals surface area contributed by atoms with Crippen molar-refractivity contribution < 1.29 is 8.42 Å². The first kappa shape index (κ1) is 16.0. The Morgan fingerprint density at radius 1 is 1.10 bits per heavy atom. The number of benzene rings is 2. The van der Waals surface area contributed by atoms with E-state index < -0.39 is 10.0 Å². The van der Waals surface area contributed by atoms with E-state index in [1.54, 1.807) is 18.2 Å². The second-order valence-electron chi connectivity index (χ2n) is 4.98. The number of sulfonamides is 1. The lowest BCUT2D eigenvalue weighted by molar-refractivity contribution is 0.561. The van der Waals surface area contributed by atoms with Crippen LogP contribution in [0.2, 0.25) is 0 Å². The number of nitrogens with one attached hydrogen (secondary N) is 1. The van der Waals surface area contributed by atoms with E-state index in [0.29, 0.717) is 6.42 Å². The molecule has 0 fully saturated rings. The lowest BCUT2D eigenvalue weighted by atomic mass is 10.1. The van der Waals surface area contributed by atoms with Gasteiger partial charge < -0.3 is 0 Å². The average molecular weight is 324 g/mol. The van der Waals surface area contributed by atoms with Gasteiger partial charge in [0.25, 0.3) is 0 Å². The molecule has 1 unspecified atom stereocenters. The molecule has 2 aromatic rings. The van der Waals surface area contributed by atoms with E-state index in [2.05, 4.69) is 4.72 Å². The van der Waals surface area contributed by atoms with Crippen molar-refractivity contribution in [3.8, 4) is 0 Å². The van der Waals surface area contributed by atoms with Crippen LogP contribution in [0.3, 0.4) is 0 Å². The van der Waals surface area contributed by atoms with Gasteiger partial charge in [0, 0.05) is 11.9 Å². The van der Waals surface area contributed by atoms with Gasteiger partial charge in [-0.1, -0.05) is 42.5 Å². The summed E-state index contributed by atoms with van der Waals surface area (Å²) in [5.74, 6) is 0.222. The van der Waals surface area contributed by atoms with E-state index in [1.807, 2.05) is 43.3 Å². The van der Waals surface area contributed by atoms with Gasteiger partial charge in [-0.2, -0.15) is 0 Å². The van der Waals surface area contributed by atoms with Crippen LogP contribution in [0.15, 0.2) is 59.5 Å². The van der Waals surface area contributed by atoms with Crippen molar-refractivity contribution >= 4 is 21.6 Å². The Morgan fingerprint density at radius 2 is 1.81 bits per heavy atom. The van der Waals surface area contributed by atoms with Gasteiger partial charge in [0.15, 0.2) is 0 Å². The number of alkyl halides is 1. The summed E-state index contributed by atoms with van der Waals surface area (Å²) in [6.07, 6.45) is 0.565. The van der Waals surface area contributed by atoms with Gasteiger partial charge in [-0.25, -0.2) is 13.1 Å². The number of hydrogen-bond acceptors (Lipinski definition) is 2. The molecule has 3 nitrogen and oxygen atoms in total. The molecule has 2 aromatic carbocycles. The average Bonchev–Trinajstić information content (AvgIpc) is 2.47. The molecule has 0 saturated carbocycles. The molecule has 0 aliphatic carbocycles. The molecule has 0 radical (unpaired) electrons. The van der Waals surface area contributed by atoms with Crippen molar-refractivity contribution in [3.05, 3.63) is 65.7 Å². The highest BCUT2D eigenvalue weighted by molar-refractivity contribution is 7.89. The summed E-state index contributed by atoms with van der Waals surface area (Å²) in [5, 5.41) is 0. The molecular formula is C16H18ClNO2S. The van der Waals surface area contributed by atoms with E-state index in [9.17, 15) is 8.42 Å². The van der Waals surface area contributed by atoms with Gasteiger partial charge in [0.2, 0.25) is 10.0 Å². The normalized spacial score (nSPS) is 13.0. The van der Waals surface area contributed by atoms with Gasteiger partial charge in [-0.15, -0.1) is 11.6 Å².